The average molecular weight is 363 g/mol. The summed E-state index contributed by atoms with van der Waals surface area (Å²) in [4.78, 5) is 17.4. The number of thioether (sulfide) groups is 1. The van der Waals surface area contributed by atoms with E-state index in [-0.39, 0.29) is 11.2 Å². The summed E-state index contributed by atoms with van der Waals surface area (Å²) in [6.45, 7) is 0. The first-order valence-electron chi connectivity index (χ1n) is 8.81. The standard InChI is InChI=1S/C21H21N3OS/c1-24-18(15-8-4-2-5-9-15)14-22-21(24)26-19(16-10-6-3-7-11-16)20(25)23-17-12-13-17/h2-11,14,17,19H,12-13H2,1H3,(H,23,25). The second-order valence-corrected chi connectivity index (χ2v) is 7.61. The molecule has 0 aliphatic heterocycles. The lowest BCUT2D eigenvalue weighted by Gasteiger charge is -2.17. The molecule has 3 aromatic rings. The van der Waals surface area contributed by atoms with Crippen LogP contribution in [0.25, 0.3) is 11.3 Å². The van der Waals surface area contributed by atoms with Crippen molar-refractivity contribution in [2.24, 2.45) is 7.05 Å². The minimum atomic E-state index is -0.304. The summed E-state index contributed by atoms with van der Waals surface area (Å²) in [6, 6.07) is 20.5. The zero-order valence-electron chi connectivity index (χ0n) is 14.6. The molecule has 4 rings (SSSR count). The smallest absolute Gasteiger partial charge is 0.238 e. The van der Waals surface area contributed by atoms with Gasteiger partial charge in [0.2, 0.25) is 5.91 Å². The molecule has 1 aliphatic carbocycles. The first-order chi connectivity index (χ1) is 12.7. The highest BCUT2D eigenvalue weighted by Crippen LogP contribution is 2.37. The van der Waals surface area contributed by atoms with Gasteiger partial charge in [-0.2, -0.15) is 0 Å². The maximum absolute atomic E-state index is 12.8. The van der Waals surface area contributed by atoms with Crippen molar-refractivity contribution < 1.29 is 4.79 Å². The molecule has 1 aromatic heterocycles. The fourth-order valence-electron chi connectivity index (χ4n) is 2.89. The van der Waals surface area contributed by atoms with Crippen LogP contribution in [-0.4, -0.2) is 21.5 Å². The molecule has 1 atom stereocenters. The monoisotopic (exact) mass is 363 g/mol. The Balaban J connectivity index is 1.61. The van der Waals surface area contributed by atoms with Crippen LogP contribution in [0, 0.1) is 0 Å². The topological polar surface area (TPSA) is 46.9 Å². The van der Waals surface area contributed by atoms with Crippen LogP contribution in [0.15, 0.2) is 72.0 Å². The van der Waals surface area contributed by atoms with Crippen LogP contribution in [0.3, 0.4) is 0 Å². The number of carbonyl (C=O) groups excluding carboxylic acids is 1. The van der Waals surface area contributed by atoms with Gasteiger partial charge in [0.25, 0.3) is 0 Å². The van der Waals surface area contributed by atoms with E-state index in [4.69, 9.17) is 0 Å². The van der Waals surface area contributed by atoms with Gasteiger partial charge in [0, 0.05) is 13.1 Å². The van der Waals surface area contributed by atoms with Gasteiger partial charge in [-0.25, -0.2) is 4.98 Å². The lowest BCUT2D eigenvalue weighted by atomic mass is 10.1. The fraction of sp³-hybridized carbons (Fsp3) is 0.238. The lowest BCUT2D eigenvalue weighted by molar-refractivity contribution is -0.120. The third kappa shape index (κ3) is 3.68. The van der Waals surface area contributed by atoms with Gasteiger partial charge in [-0.1, -0.05) is 72.4 Å². The second-order valence-electron chi connectivity index (χ2n) is 6.54. The highest BCUT2D eigenvalue weighted by Gasteiger charge is 2.30. The number of nitrogens with zero attached hydrogens (tertiary/aromatic N) is 2. The Morgan fingerprint density at radius 2 is 1.77 bits per heavy atom. The molecule has 1 saturated carbocycles. The summed E-state index contributed by atoms with van der Waals surface area (Å²) in [5, 5.41) is 3.67. The molecule has 1 heterocycles. The number of hydrogen-bond donors (Lipinski definition) is 1. The average Bonchev–Trinajstić information content (AvgIpc) is 3.42. The minimum Gasteiger partial charge on any atom is -0.352 e. The van der Waals surface area contributed by atoms with Gasteiger partial charge in [0.15, 0.2) is 5.16 Å². The van der Waals surface area contributed by atoms with Crippen molar-refractivity contribution in [1.82, 2.24) is 14.9 Å². The number of hydrogen-bond acceptors (Lipinski definition) is 3. The molecule has 1 aliphatic rings. The van der Waals surface area contributed by atoms with Gasteiger partial charge in [0.1, 0.15) is 5.25 Å². The number of amides is 1. The summed E-state index contributed by atoms with van der Waals surface area (Å²) in [7, 11) is 2.00. The van der Waals surface area contributed by atoms with Crippen LogP contribution in [0.2, 0.25) is 0 Å². The maximum atomic E-state index is 12.8. The molecule has 2 aromatic carbocycles. The maximum Gasteiger partial charge on any atom is 0.238 e. The first-order valence-corrected chi connectivity index (χ1v) is 9.69. The first kappa shape index (κ1) is 16.9. The van der Waals surface area contributed by atoms with E-state index in [2.05, 4.69) is 27.0 Å². The van der Waals surface area contributed by atoms with E-state index in [1.165, 1.54) is 11.8 Å². The molecule has 0 spiro atoms. The molecule has 1 fully saturated rings. The largest absolute Gasteiger partial charge is 0.352 e. The quantitative estimate of drug-likeness (QED) is 0.668. The molecule has 5 heteroatoms. The van der Waals surface area contributed by atoms with Crippen molar-refractivity contribution in [2.75, 3.05) is 0 Å². The van der Waals surface area contributed by atoms with Crippen LogP contribution >= 0.6 is 11.8 Å². The lowest BCUT2D eigenvalue weighted by Crippen LogP contribution is -2.29. The van der Waals surface area contributed by atoms with Gasteiger partial charge < -0.3 is 9.88 Å². The van der Waals surface area contributed by atoms with Gasteiger partial charge in [-0.3, -0.25) is 4.79 Å². The molecule has 1 N–H and O–H groups in total. The van der Waals surface area contributed by atoms with Crippen molar-refractivity contribution in [1.29, 1.82) is 0 Å². The number of imidazole rings is 1. The second kappa shape index (κ2) is 7.38. The molecule has 0 saturated heterocycles. The number of nitrogens with one attached hydrogen (secondary N) is 1. The molecule has 132 valence electrons. The summed E-state index contributed by atoms with van der Waals surface area (Å²) in [6.07, 6.45) is 4.04. The molecule has 1 unspecified atom stereocenters. The zero-order valence-corrected chi connectivity index (χ0v) is 15.4. The summed E-state index contributed by atoms with van der Waals surface area (Å²) >= 11 is 1.50. The number of aromatic nitrogens is 2. The fourth-order valence-corrected chi connectivity index (χ4v) is 3.94. The Labute approximate surface area is 157 Å². The highest BCUT2D eigenvalue weighted by molar-refractivity contribution is 8.00. The van der Waals surface area contributed by atoms with Crippen LogP contribution < -0.4 is 5.32 Å². The van der Waals surface area contributed by atoms with E-state index < -0.39 is 0 Å². The molecular formula is C21H21N3OS. The Hall–Kier alpha value is -2.53. The van der Waals surface area contributed by atoms with Crippen LogP contribution in [0.4, 0.5) is 0 Å². The van der Waals surface area contributed by atoms with Crippen molar-refractivity contribution in [3.63, 3.8) is 0 Å². The molecular weight excluding hydrogens is 342 g/mol. The summed E-state index contributed by atoms with van der Waals surface area (Å²) < 4.78 is 2.06. The number of rotatable bonds is 6. The number of carbonyl (C=O) groups is 1. The zero-order chi connectivity index (χ0) is 17.9. The van der Waals surface area contributed by atoms with E-state index in [9.17, 15) is 4.79 Å². The Kier molecular flexibility index (Phi) is 4.80. The third-order valence-electron chi connectivity index (χ3n) is 4.50. The normalized spacial score (nSPS) is 14.8. The van der Waals surface area contributed by atoms with Gasteiger partial charge >= 0.3 is 0 Å². The summed E-state index contributed by atoms with van der Waals surface area (Å²) in [5.41, 5.74) is 3.16. The minimum absolute atomic E-state index is 0.0629. The third-order valence-corrected chi connectivity index (χ3v) is 5.81. The van der Waals surface area contributed by atoms with Crippen molar-refractivity contribution >= 4 is 17.7 Å². The Morgan fingerprint density at radius 3 is 2.42 bits per heavy atom. The predicted molar refractivity (Wildman–Crippen MR) is 105 cm³/mol. The SMILES string of the molecule is Cn1c(-c2ccccc2)cnc1SC(C(=O)NC1CC1)c1ccccc1. The van der Waals surface area contributed by atoms with Crippen LogP contribution in [-0.2, 0) is 11.8 Å². The van der Waals surface area contributed by atoms with E-state index in [0.717, 1.165) is 34.8 Å². The summed E-state index contributed by atoms with van der Waals surface area (Å²) in [5.74, 6) is 0.0629. The van der Waals surface area contributed by atoms with Gasteiger partial charge in [-0.05, 0) is 24.0 Å². The molecule has 1 amide bonds. The Bertz CT molecular complexity index is 888. The van der Waals surface area contributed by atoms with Gasteiger partial charge in [0.05, 0.1) is 11.9 Å². The highest BCUT2D eigenvalue weighted by atomic mass is 32.2. The van der Waals surface area contributed by atoms with E-state index in [0.29, 0.717) is 6.04 Å². The molecule has 0 bridgehead atoms. The predicted octanol–water partition coefficient (Wildman–Crippen LogP) is 4.20. The van der Waals surface area contributed by atoms with E-state index in [1.54, 1.807) is 0 Å². The van der Waals surface area contributed by atoms with Crippen LogP contribution in [0.1, 0.15) is 23.7 Å². The van der Waals surface area contributed by atoms with E-state index >= 15 is 0 Å². The molecule has 26 heavy (non-hydrogen) atoms. The van der Waals surface area contributed by atoms with Crippen molar-refractivity contribution in [3.05, 3.63) is 72.4 Å². The van der Waals surface area contributed by atoms with Crippen molar-refractivity contribution in [3.8, 4) is 11.3 Å². The molecule has 4 nitrogen and oxygen atoms in total. The molecule has 0 radical (unpaired) electrons. The van der Waals surface area contributed by atoms with Crippen molar-refractivity contribution in [2.45, 2.75) is 29.3 Å². The number of benzene rings is 2. The van der Waals surface area contributed by atoms with E-state index in [1.807, 2.05) is 61.8 Å². The van der Waals surface area contributed by atoms with Crippen LogP contribution in [0.5, 0.6) is 0 Å². The Morgan fingerprint density at radius 1 is 1.12 bits per heavy atom. The van der Waals surface area contributed by atoms with Gasteiger partial charge in [-0.15, -0.1) is 0 Å².